The molecular formula is C17H24O2. The lowest BCUT2D eigenvalue weighted by Crippen LogP contribution is -2.02. The number of rotatable bonds is 7. The van der Waals surface area contributed by atoms with Crippen LogP contribution in [-0.2, 0) is 16.0 Å². The van der Waals surface area contributed by atoms with Crippen LogP contribution >= 0.6 is 0 Å². The fourth-order valence-electron chi connectivity index (χ4n) is 1.90. The first-order chi connectivity index (χ1) is 9.15. The smallest absolute Gasteiger partial charge is 0.302 e. The van der Waals surface area contributed by atoms with E-state index in [4.69, 9.17) is 4.74 Å². The van der Waals surface area contributed by atoms with Gasteiger partial charge in [-0.2, -0.15) is 0 Å². The molecule has 0 amide bonds. The first kappa shape index (κ1) is 15.5. The van der Waals surface area contributed by atoms with Gasteiger partial charge in [-0.1, -0.05) is 50.6 Å². The van der Waals surface area contributed by atoms with Crippen LogP contribution in [0, 0.1) is 0 Å². The Kier molecular flexibility index (Phi) is 6.94. The summed E-state index contributed by atoms with van der Waals surface area (Å²) in [6.07, 6.45) is 6.59. The summed E-state index contributed by atoms with van der Waals surface area (Å²) in [6, 6.07) is 8.58. The lowest BCUT2D eigenvalue weighted by molar-refractivity contribution is -0.139. The number of aryl methyl sites for hydroxylation is 1. The van der Waals surface area contributed by atoms with Gasteiger partial charge >= 0.3 is 5.97 Å². The summed E-state index contributed by atoms with van der Waals surface area (Å²) >= 11 is 0. The predicted octanol–water partition coefficient (Wildman–Crippen LogP) is 4.39. The van der Waals surface area contributed by atoms with Gasteiger partial charge in [-0.25, -0.2) is 0 Å². The zero-order chi connectivity index (χ0) is 14.1. The summed E-state index contributed by atoms with van der Waals surface area (Å²) in [4.78, 5) is 10.8. The minimum Gasteiger partial charge on any atom is -0.461 e. The highest BCUT2D eigenvalue weighted by atomic mass is 16.5. The summed E-state index contributed by atoms with van der Waals surface area (Å²) in [7, 11) is 0. The molecule has 2 heteroatoms. The van der Waals surface area contributed by atoms with Gasteiger partial charge in [0.15, 0.2) is 0 Å². The molecule has 19 heavy (non-hydrogen) atoms. The van der Waals surface area contributed by atoms with Crippen molar-refractivity contribution in [3.8, 4) is 0 Å². The highest BCUT2D eigenvalue weighted by Crippen LogP contribution is 2.14. The molecule has 0 atom stereocenters. The second kappa shape index (κ2) is 8.52. The monoisotopic (exact) mass is 260 g/mol. The molecule has 0 saturated carbocycles. The molecule has 0 saturated heterocycles. The Hall–Kier alpha value is -1.57. The quantitative estimate of drug-likeness (QED) is 0.680. The van der Waals surface area contributed by atoms with Crippen LogP contribution in [0.2, 0.25) is 0 Å². The molecule has 1 rings (SSSR count). The number of esters is 1. The molecule has 0 aromatic heterocycles. The van der Waals surface area contributed by atoms with E-state index in [1.165, 1.54) is 30.9 Å². The minimum atomic E-state index is -0.226. The van der Waals surface area contributed by atoms with Gasteiger partial charge in [-0.3, -0.25) is 4.79 Å². The lowest BCUT2D eigenvalue weighted by atomic mass is 10.0. The number of carbonyl (C=O) groups is 1. The van der Waals surface area contributed by atoms with Crippen molar-refractivity contribution >= 4 is 12.0 Å². The molecule has 0 radical (unpaired) electrons. The van der Waals surface area contributed by atoms with E-state index in [2.05, 4.69) is 44.2 Å². The Morgan fingerprint density at radius 1 is 1.32 bits per heavy atom. The average molecular weight is 260 g/mol. The second-order valence-electron chi connectivity index (χ2n) is 4.78. The Labute approximate surface area is 116 Å². The Morgan fingerprint density at radius 3 is 2.74 bits per heavy atom. The minimum absolute atomic E-state index is 0.226. The van der Waals surface area contributed by atoms with Crippen molar-refractivity contribution in [3.63, 3.8) is 0 Å². The third kappa shape index (κ3) is 6.23. The van der Waals surface area contributed by atoms with Gasteiger partial charge in [0.2, 0.25) is 0 Å². The molecule has 0 aliphatic heterocycles. The van der Waals surface area contributed by atoms with Crippen LogP contribution in [-0.4, -0.2) is 12.6 Å². The molecule has 0 fully saturated rings. The summed E-state index contributed by atoms with van der Waals surface area (Å²) < 4.78 is 5.06. The summed E-state index contributed by atoms with van der Waals surface area (Å²) in [5, 5.41) is 0. The van der Waals surface area contributed by atoms with Crippen LogP contribution < -0.4 is 0 Å². The molecular weight excluding hydrogens is 236 g/mol. The van der Waals surface area contributed by atoms with Crippen LogP contribution in [0.25, 0.3) is 6.08 Å². The van der Waals surface area contributed by atoms with Gasteiger partial charge in [-0.15, -0.1) is 0 Å². The average Bonchev–Trinajstić information content (AvgIpc) is 2.41. The maximum absolute atomic E-state index is 10.8. The molecule has 0 unspecified atom stereocenters. The topological polar surface area (TPSA) is 26.3 Å². The van der Waals surface area contributed by atoms with Crippen molar-refractivity contribution in [2.24, 2.45) is 0 Å². The van der Waals surface area contributed by atoms with Gasteiger partial charge in [-0.05, 0) is 36.0 Å². The Bertz CT molecular complexity index is 433. The highest BCUT2D eigenvalue weighted by Gasteiger charge is 2.00. The number of hydrogen-bond donors (Lipinski definition) is 0. The van der Waals surface area contributed by atoms with Crippen LogP contribution in [0.3, 0.4) is 0 Å². The number of ether oxygens (including phenoxy) is 1. The highest BCUT2D eigenvalue weighted by molar-refractivity contribution is 5.66. The van der Waals surface area contributed by atoms with Gasteiger partial charge < -0.3 is 4.74 Å². The summed E-state index contributed by atoms with van der Waals surface area (Å²) in [5.41, 5.74) is 3.71. The van der Waals surface area contributed by atoms with Crippen LogP contribution in [0.5, 0.6) is 0 Å². The molecule has 0 bridgehead atoms. The van der Waals surface area contributed by atoms with E-state index < -0.39 is 0 Å². The zero-order valence-electron chi connectivity index (χ0n) is 12.2. The number of carbonyl (C=O) groups excluding carboxylic acids is 1. The largest absolute Gasteiger partial charge is 0.461 e. The molecule has 104 valence electrons. The van der Waals surface area contributed by atoms with Crippen LogP contribution in [0.4, 0.5) is 0 Å². The van der Waals surface area contributed by atoms with E-state index in [1.807, 2.05) is 0 Å². The van der Waals surface area contributed by atoms with Gasteiger partial charge in [0.05, 0.1) is 0 Å². The number of hydrogen-bond acceptors (Lipinski definition) is 2. The van der Waals surface area contributed by atoms with Gasteiger partial charge in [0.1, 0.15) is 6.61 Å². The first-order valence-corrected chi connectivity index (χ1v) is 7.07. The number of benzene rings is 1. The third-order valence-electron chi connectivity index (χ3n) is 3.06. The van der Waals surface area contributed by atoms with Crippen LogP contribution in [0.15, 0.2) is 29.8 Å². The Balaban J connectivity index is 2.73. The van der Waals surface area contributed by atoms with Crippen molar-refractivity contribution in [2.45, 2.75) is 46.5 Å². The lowest BCUT2D eigenvalue weighted by Gasteiger charge is -2.06. The SMILES string of the molecule is CCCCc1cccc(C=C(CC)COC(C)=O)c1. The molecule has 2 nitrogen and oxygen atoms in total. The molecule has 0 heterocycles. The Morgan fingerprint density at radius 2 is 2.11 bits per heavy atom. The summed E-state index contributed by atoms with van der Waals surface area (Å²) in [5.74, 6) is -0.226. The standard InChI is InChI=1S/C17H24O2/c1-4-6-8-16-9-7-10-17(12-16)11-15(5-2)13-19-14(3)18/h7,9-12H,4-6,8,13H2,1-3H3. The van der Waals surface area contributed by atoms with E-state index >= 15 is 0 Å². The van der Waals surface area contributed by atoms with E-state index in [9.17, 15) is 4.79 Å². The predicted molar refractivity (Wildman–Crippen MR) is 80.0 cm³/mol. The molecule has 0 N–H and O–H groups in total. The van der Waals surface area contributed by atoms with Crippen molar-refractivity contribution in [1.82, 2.24) is 0 Å². The molecule has 0 spiro atoms. The fraction of sp³-hybridized carbons (Fsp3) is 0.471. The van der Waals surface area contributed by atoms with Crippen molar-refractivity contribution in [3.05, 3.63) is 41.0 Å². The van der Waals surface area contributed by atoms with E-state index in [1.54, 1.807) is 0 Å². The van der Waals surface area contributed by atoms with E-state index in [0.29, 0.717) is 6.61 Å². The first-order valence-electron chi connectivity index (χ1n) is 7.07. The normalized spacial score (nSPS) is 11.4. The van der Waals surface area contributed by atoms with Crippen molar-refractivity contribution < 1.29 is 9.53 Å². The number of unbranched alkanes of at least 4 members (excludes halogenated alkanes) is 1. The van der Waals surface area contributed by atoms with Crippen LogP contribution in [0.1, 0.15) is 51.2 Å². The third-order valence-corrected chi connectivity index (χ3v) is 3.06. The molecule has 1 aromatic rings. The summed E-state index contributed by atoms with van der Waals surface area (Å²) in [6.45, 7) is 6.12. The fourth-order valence-corrected chi connectivity index (χ4v) is 1.90. The molecule has 0 aliphatic rings. The van der Waals surface area contributed by atoms with Gasteiger partial charge in [0, 0.05) is 6.92 Å². The molecule has 1 aromatic carbocycles. The zero-order valence-corrected chi connectivity index (χ0v) is 12.2. The maximum Gasteiger partial charge on any atom is 0.302 e. The molecule has 0 aliphatic carbocycles. The maximum atomic E-state index is 10.8. The van der Waals surface area contributed by atoms with Crippen molar-refractivity contribution in [2.75, 3.05) is 6.61 Å². The van der Waals surface area contributed by atoms with Gasteiger partial charge in [0.25, 0.3) is 0 Å². The van der Waals surface area contributed by atoms with E-state index in [-0.39, 0.29) is 5.97 Å². The second-order valence-corrected chi connectivity index (χ2v) is 4.78. The van der Waals surface area contributed by atoms with Crippen molar-refractivity contribution in [1.29, 1.82) is 0 Å². The van der Waals surface area contributed by atoms with E-state index in [0.717, 1.165) is 18.4 Å².